The monoisotopic (exact) mass is 335 g/mol. The minimum atomic E-state index is -0.204. The Morgan fingerprint density at radius 3 is 2.48 bits per heavy atom. The molecule has 1 N–H and O–H groups in total. The van der Waals surface area contributed by atoms with Crippen molar-refractivity contribution in [2.75, 3.05) is 25.0 Å². The summed E-state index contributed by atoms with van der Waals surface area (Å²) in [5.74, 6) is -0.204. The number of nitrogens with zero attached hydrogens (tertiary/aromatic N) is 4. The van der Waals surface area contributed by atoms with E-state index in [4.69, 9.17) is 0 Å². The molecule has 0 radical (unpaired) electrons. The second kappa shape index (κ2) is 8.10. The van der Waals surface area contributed by atoms with Crippen LogP contribution < -0.4 is 10.2 Å². The standard InChI is InChI=1S/C19H21N5O/c1-23(16-9-4-2-5-10-16)14-8-13-20-19(25)18-15-24(22-21-18)17-11-6-3-7-12-17/h2-7,9-12,15H,8,13-14H2,1H3,(H,20,25). The topological polar surface area (TPSA) is 63.1 Å². The Morgan fingerprint density at radius 2 is 1.76 bits per heavy atom. The second-order valence-electron chi connectivity index (χ2n) is 5.75. The maximum Gasteiger partial charge on any atom is 0.273 e. The molecule has 3 aromatic rings. The van der Waals surface area contributed by atoms with Gasteiger partial charge in [0.1, 0.15) is 0 Å². The van der Waals surface area contributed by atoms with Crippen molar-refractivity contribution in [2.45, 2.75) is 6.42 Å². The van der Waals surface area contributed by atoms with E-state index in [1.807, 2.05) is 55.6 Å². The molecule has 0 aliphatic heterocycles. The van der Waals surface area contributed by atoms with E-state index >= 15 is 0 Å². The number of anilines is 1. The van der Waals surface area contributed by atoms with Gasteiger partial charge in [-0.25, -0.2) is 4.68 Å². The summed E-state index contributed by atoms with van der Waals surface area (Å²) in [5, 5.41) is 10.8. The van der Waals surface area contributed by atoms with Gasteiger partial charge in [-0.1, -0.05) is 41.6 Å². The van der Waals surface area contributed by atoms with Crippen LogP contribution in [0.15, 0.2) is 66.9 Å². The summed E-state index contributed by atoms with van der Waals surface area (Å²) in [5.41, 5.74) is 2.36. The van der Waals surface area contributed by atoms with Crippen molar-refractivity contribution in [3.05, 3.63) is 72.6 Å². The molecule has 0 saturated carbocycles. The third-order valence-electron chi connectivity index (χ3n) is 3.90. The molecule has 3 rings (SSSR count). The summed E-state index contributed by atoms with van der Waals surface area (Å²) in [4.78, 5) is 14.3. The highest BCUT2D eigenvalue weighted by atomic mass is 16.2. The Kier molecular flexibility index (Phi) is 5.41. The maximum absolute atomic E-state index is 12.2. The highest BCUT2D eigenvalue weighted by Gasteiger charge is 2.11. The highest BCUT2D eigenvalue weighted by Crippen LogP contribution is 2.10. The molecular weight excluding hydrogens is 314 g/mol. The molecule has 0 saturated heterocycles. The summed E-state index contributed by atoms with van der Waals surface area (Å²) in [6.45, 7) is 1.45. The fourth-order valence-corrected chi connectivity index (χ4v) is 2.50. The molecule has 128 valence electrons. The van der Waals surface area contributed by atoms with Gasteiger partial charge in [-0.15, -0.1) is 5.10 Å². The molecule has 25 heavy (non-hydrogen) atoms. The van der Waals surface area contributed by atoms with Crippen LogP contribution in [-0.2, 0) is 0 Å². The number of nitrogens with one attached hydrogen (secondary N) is 1. The summed E-state index contributed by atoms with van der Waals surface area (Å²) in [6, 6.07) is 19.8. The Bertz CT molecular complexity index is 801. The molecule has 1 aromatic heterocycles. The molecule has 6 heteroatoms. The van der Waals surface area contributed by atoms with Crippen molar-refractivity contribution in [1.82, 2.24) is 20.3 Å². The second-order valence-corrected chi connectivity index (χ2v) is 5.75. The molecule has 0 unspecified atom stereocenters. The molecule has 2 aromatic carbocycles. The minimum Gasteiger partial charge on any atom is -0.375 e. The summed E-state index contributed by atoms with van der Waals surface area (Å²) in [6.07, 6.45) is 2.49. The van der Waals surface area contributed by atoms with E-state index in [0.717, 1.165) is 18.7 Å². The van der Waals surface area contributed by atoms with Crippen LogP contribution in [0.2, 0.25) is 0 Å². The van der Waals surface area contributed by atoms with Gasteiger partial charge in [-0.05, 0) is 30.7 Å². The van der Waals surface area contributed by atoms with Crippen molar-refractivity contribution in [3.63, 3.8) is 0 Å². The van der Waals surface area contributed by atoms with Crippen LogP contribution in [0.25, 0.3) is 5.69 Å². The molecule has 0 bridgehead atoms. The quantitative estimate of drug-likeness (QED) is 0.674. The first-order valence-electron chi connectivity index (χ1n) is 8.26. The number of para-hydroxylation sites is 2. The van der Waals surface area contributed by atoms with E-state index in [0.29, 0.717) is 12.2 Å². The van der Waals surface area contributed by atoms with E-state index in [-0.39, 0.29) is 5.91 Å². The van der Waals surface area contributed by atoms with Gasteiger partial charge in [0.25, 0.3) is 5.91 Å². The number of carbonyl (C=O) groups is 1. The molecule has 0 aliphatic carbocycles. The van der Waals surface area contributed by atoms with E-state index in [2.05, 4.69) is 32.7 Å². The lowest BCUT2D eigenvalue weighted by molar-refractivity contribution is 0.0948. The van der Waals surface area contributed by atoms with Crippen molar-refractivity contribution in [1.29, 1.82) is 0 Å². The normalized spacial score (nSPS) is 10.4. The predicted octanol–water partition coefficient (Wildman–Crippen LogP) is 2.52. The van der Waals surface area contributed by atoms with Crippen molar-refractivity contribution in [2.24, 2.45) is 0 Å². The fraction of sp³-hybridized carbons (Fsp3) is 0.211. The first-order valence-corrected chi connectivity index (χ1v) is 8.26. The van der Waals surface area contributed by atoms with Crippen LogP contribution >= 0.6 is 0 Å². The van der Waals surface area contributed by atoms with E-state index in [9.17, 15) is 4.79 Å². The largest absolute Gasteiger partial charge is 0.375 e. The Hall–Kier alpha value is -3.15. The van der Waals surface area contributed by atoms with Gasteiger partial charge in [0.05, 0.1) is 11.9 Å². The third-order valence-corrected chi connectivity index (χ3v) is 3.90. The number of hydrogen-bond donors (Lipinski definition) is 1. The van der Waals surface area contributed by atoms with Crippen LogP contribution in [0.1, 0.15) is 16.9 Å². The van der Waals surface area contributed by atoms with Crippen LogP contribution in [0.5, 0.6) is 0 Å². The van der Waals surface area contributed by atoms with Gasteiger partial charge < -0.3 is 10.2 Å². The smallest absolute Gasteiger partial charge is 0.273 e. The molecule has 0 atom stereocenters. The fourth-order valence-electron chi connectivity index (χ4n) is 2.50. The molecule has 0 fully saturated rings. The minimum absolute atomic E-state index is 0.204. The Morgan fingerprint density at radius 1 is 1.08 bits per heavy atom. The zero-order valence-corrected chi connectivity index (χ0v) is 14.2. The number of amides is 1. The molecule has 1 amide bonds. The number of aromatic nitrogens is 3. The van der Waals surface area contributed by atoms with Gasteiger partial charge in [0, 0.05) is 25.8 Å². The van der Waals surface area contributed by atoms with Gasteiger partial charge in [0.15, 0.2) is 5.69 Å². The zero-order chi connectivity index (χ0) is 17.5. The van der Waals surface area contributed by atoms with E-state index in [1.165, 1.54) is 5.69 Å². The lowest BCUT2D eigenvalue weighted by atomic mass is 10.3. The number of rotatable bonds is 7. The van der Waals surface area contributed by atoms with Crippen LogP contribution in [0.3, 0.4) is 0 Å². The highest BCUT2D eigenvalue weighted by molar-refractivity contribution is 5.91. The lowest BCUT2D eigenvalue weighted by Gasteiger charge is -2.19. The molecule has 0 spiro atoms. The van der Waals surface area contributed by atoms with Crippen molar-refractivity contribution in [3.8, 4) is 5.69 Å². The average Bonchev–Trinajstić information content (AvgIpc) is 3.16. The summed E-state index contributed by atoms with van der Waals surface area (Å²) < 4.78 is 1.60. The third kappa shape index (κ3) is 4.44. The number of benzene rings is 2. The molecule has 1 heterocycles. The Labute approximate surface area is 147 Å². The van der Waals surface area contributed by atoms with Gasteiger partial charge >= 0.3 is 0 Å². The maximum atomic E-state index is 12.2. The van der Waals surface area contributed by atoms with E-state index < -0.39 is 0 Å². The van der Waals surface area contributed by atoms with Crippen molar-refractivity contribution >= 4 is 11.6 Å². The predicted molar refractivity (Wildman–Crippen MR) is 98.0 cm³/mol. The first kappa shape index (κ1) is 16.7. The molecule has 6 nitrogen and oxygen atoms in total. The lowest BCUT2D eigenvalue weighted by Crippen LogP contribution is -2.28. The zero-order valence-electron chi connectivity index (χ0n) is 14.2. The van der Waals surface area contributed by atoms with Crippen LogP contribution in [0.4, 0.5) is 5.69 Å². The van der Waals surface area contributed by atoms with E-state index in [1.54, 1.807) is 10.9 Å². The molecule has 0 aliphatic rings. The SMILES string of the molecule is CN(CCCNC(=O)c1cn(-c2ccccc2)nn1)c1ccccc1. The average molecular weight is 335 g/mol. The number of hydrogen-bond acceptors (Lipinski definition) is 4. The van der Waals surface area contributed by atoms with Crippen LogP contribution in [-0.4, -0.2) is 41.0 Å². The Balaban J connectivity index is 1.46. The van der Waals surface area contributed by atoms with Crippen molar-refractivity contribution < 1.29 is 4.79 Å². The van der Waals surface area contributed by atoms with Gasteiger partial charge in [-0.2, -0.15) is 0 Å². The summed E-state index contributed by atoms with van der Waals surface area (Å²) >= 11 is 0. The number of carbonyl (C=O) groups excluding carboxylic acids is 1. The van der Waals surface area contributed by atoms with Crippen LogP contribution in [0, 0.1) is 0 Å². The van der Waals surface area contributed by atoms with Gasteiger partial charge in [0.2, 0.25) is 0 Å². The first-order chi connectivity index (χ1) is 12.2. The molecular formula is C19H21N5O. The summed E-state index contributed by atoms with van der Waals surface area (Å²) in [7, 11) is 2.04. The van der Waals surface area contributed by atoms with Gasteiger partial charge in [-0.3, -0.25) is 4.79 Å².